The van der Waals surface area contributed by atoms with E-state index in [0.29, 0.717) is 6.61 Å². The Morgan fingerprint density at radius 1 is 1.45 bits per heavy atom. The Morgan fingerprint density at radius 2 is 2.15 bits per heavy atom. The number of hydrogen-bond donors (Lipinski definition) is 2. The van der Waals surface area contributed by atoms with E-state index in [4.69, 9.17) is 5.26 Å². The molecule has 1 aliphatic heterocycles. The molecule has 2 N–H and O–H groups in total. The molecule has 1 fully saturated rings. The molecule has 2 heterocycles. The Kier molecular flexibility index (Phi) is 4.85. The second kappa shape index (κ2) is 6.43. The van der Waals surface area contributed by atoms with Crippen molar-refractivity contribution in [1.29, 1.82) is 5.26 Å². The average Bonchev–Trinajstić information content (AvgIpc) is 2.81. The molecule has 2 rings (SSSR count). The van der Waals surface area contributed by atoms with Gasteiger partial charge in [0.25, 0.3) is 0 Å². The number of aryl methyl sites for hydroxylation is 1. The number of aromatic amines is 1. The van der Waals surface area contributed by atoms with Gasteiger partial charge < -0.3 is 10.1 Å². The van der Waals surface area contributed by atoms with Gasteiger partial charge in [-0.3, -0.25) is 4.90 Å². The van der Waals surface area contributed by atoms with Crippen molar-refractivity contribution < 1.29 is 5.11 Å². The summed E-state index contributed by atoms with van der Waals surface area (Å²) in [6.45, 7) is 7.37. The van der Waals surface area contributed by atoms with E-state index in [1.807, 2.05) is 13.0 Å². The summed E-state index contributed by atoms with van der Waals surface area (Å²) in [6.07, 6.45) is 4.41. The zero-order chi connectivity index (χ0) is 14.6. The minimum Gasteiger partial charge on any atom is -0.396 e. The van der Waals surface area contributed by atoms with E-state index in [9.17, 15) is 5.11 Å². The van der Waals surface area contributed by atoms with Crippen molar-refractivity contribution in [2.75, 3.05) is 19.7 Å². The number of nitriles is 1. The fourth-order valence-corrected chi connectivity index (χ4v) is 3.27. The quantitative estimate of drug-likeness (QED) is 0.868. The summed E-state index contributed by atoms with van der Waals surface area (Å²) in [5.41, 5.74) is 2.96. The van der Waals surface area contributed by atoms with Crippen LogP contribution in [0.5, 0.6) is 0 Å². The standard InChI is InChI=1S/C16H25N3O/c1-3-4-16(12-20)5-7-19(8-6-16)11-15-9-14(10-17)13(2)18-15/h9,18,20H,3-8,11-12H2,1-2H3. The van der Waals surface area contributed by atoms with Crippen LogP contribution >= 0.6 is 0 Å². The third kappa shape index (κ3) is 3.23. The second-order valence-electron chi connectivity index (χ2n) is 6.13. The van der Waals surface area contributed by atoms with Crippen molar-refractivity contribution in [3.63, 3.8) is 0 Å². The number of aromatic nitrogens is 1. The first-order valence-corrected chi connectivity index (χ1v) is 7.54. The Morgan fingerprint density at radius 3 is 2.65 bits per heavy atom. The zero-order valence-corrected chi connectivity index (χ0v) is 12.6. The van der Waals surface area contributed by atoms with Crippen molar-refractivity contribution >= 4 is 0 Å². The lowest BCUT2D eigenvalue weighted by atomic mass is 9.75. The first kappa shape index (κ1) is 15.1. The smallest absolute Gasteiger partial charge is 0.101 e. The Hall–Kier alpha value is -1.31. The van der Waals surface area contributed by atoms with Crippen LogP contribution in [0.4, 0.5) is 0 Å². The average molecular weight is 275 g/mol. The SMILES string of the molecule is CCCC1(CO)CCN(Cc2cc(C#N)c(C)[nH]2)CC1. The molecule has 0 aliphatic carbocycles. The van der Waals surface area contributed by atoms with E-state index >= 15 is 0 Å². The zero-order valence-electron chi connectivity index (χ0n) is 12.6. The van der Waals surface area contributed by atoms with Gasteiger partial charge in [-0.15, -0.1) is 0 Å². The van der Waals surface area contributed by atoms with Crippen LogP contribution in [0, 0.1) is 23.7 Å². The number of H-pyrrole nitrogens is 1. The molecule has 0 unspecified atom stereocenters. The molecular weight excluding hydrogens is 250 g/mol. The largest absolute Gasteiger partial charge is 0.396 e. The van der Waals surface area contributed by atoms with Crippen LogP contribution in [-0.2, 0) is 6.54 Å². The van der Waals surface area contributed by atoms with Gasteiger partial charge in [0.05, 0.1) is 5.56 Å². The molecule has 0 aromatic carbocycles. The molecule has 0 amide bonds. The van der Waals surface area contributed by atoms with E-state index in [-0.39, 0.29) is 5.41 Å². The minimum atomic E-state index is 0.148. The van der Waals surface area contributed by atoms with Gasteiger partial charge in [-0.25, -0.2) is 0 Å². The van der Waals surface area contributed by atoms with Crippen LogP contribution in [0.3, 0.4) is 0 Å². The molecule has 1 aliphatic rings. The number of piperidine rings is 1. The molecule has 110 valence electrons. The summed E-state index contributed by atoms with van der Waals surface area (Å²) in [5, 5.41) is 18.6. The maximum Gasteiger partial charge on any atom is 0.101 e. The van der Waals surface area contributed by atoms with Crippen molar-refractivity contribution in [3.8, 4) is 6.07 Å². The molecule has 4 heteroatoms. The summed E-state index contributed by atoms with van der Waals surface area (Å²) in [4.78, 5) is 5.70. The van der Waals surface area contributed by atoms with Gasteiger partial charge in [0.15, 0.2) is 0 Å². The highest BCUT2D eigenvalue weighted by Crippen LogP contribution is 2.35. The van der Waals surface area contributed by atoms with E-state index in [0.717, 1.165) is 62.3 Å². The second-order valence-corrected chi connectivity index (χ2v) is 6.13. The molecule has 1 aromatic rings. The third-order valence-corrected chi connectivity index (χ3v) is 4.62. The highest BCUT2D eigenvalue weighted by Gasteiger charge is 2.33. The Labute approximate surface area is 121 Å². The number of aliphatic hydroxyl groups is 1. The maximum atomic E-state index is 9.66. The van der Waals surface area contributed by atoms with Gasteiger partial charge in [0.1, 0.15) is 6.07 Å². The summed E-state index contributed by atoms with van der Waals surface area (Å²) in [7, 11) is 0. The Bertz CT molecular complexity index is 478. The van der Waals surface area contributed by atoms with Crippen molar-refractivity contribution in [2.45, 2.75) is 46.1 Å². The van der Waals surface area contributed by atoms with Crippen molar-refractivity contribution in [2.24, 2.45) is 5.41 Å². The molecule has 20 heavy (non-hydrogen) atoms. The number of hydrogen-bond acceptors (Lipinski definition) is 3. The number of aliphatic hydroxyl groups excluding tert-OH is 1. The van der Waals surface area contributed by atoms with E-state index < -0.39 is 0 Å². The maximum absolute atomic E-state index is 9.66. The van der Waals surface area contributed by atoms with Crippen LogP contribution in [0.2, 0.25) is 0 Å². The summed E-state index contributed by atoms with van der Waals surface area (Å²) in [6, 6.07) is 4.16. The first-order valence-electron chi connectivity index (χ1n) is 7.54. The summed E-state index contributed by atoms with van der Waals surface area (Å²) >= 11 is 0. The molecular formula is C16H25N3O. The minimum absolute atomic E-state index is 0.148. The van der Waals surface area contributed by atoms with Crippen molar-refractivity contribution in [1.82, 2.24) is 9.88 Å². The molecule has 0 spiro atoms. The molecule has 4 nitrogen and oxygen atoms in total. The van der Waals surface area contributed by atoms with Gasteiger partial charge in [0, 0.05) is 24.5 Å². The van der Waals surface area contributed by atoms with E-state index in [1.165, 1.54) is 0 Å². The molecule has 0 atom stereocenters. The molecule has 1 saturated heterocycles. The van der Waals surface area contributed by atoms with E-state index in [1.54, 1.807) is 0 Å². The topological polar surface area (TPSA) is 63.0 Å². The molecule has 0 radical (unpaired) electrons. The lowest BCUT2D eigenvalue weighted by Crippen LogP contribution is -2.41. The Balaban J connectivity index is 1.92. The van der Waals surface area contributed by atoms with Gasteiger partial charge >= 0.3 is 0 Å². The number of rotatable bonds is 5. The normalized spacial score (nSPS) is 18.9. The van der Waals surface area contributed by atoms with Crippen LogP contribution < -0.4 is 0 Å². The summed E-state index contributed by atoms with van der Waals surface area (Å²) in [5.74, 6) is 0. The predicted octanol–water partition coefficient (Wildman–Crippen LogP) is 2.57. The van der Waals surface area contributed by atoms with Gasteiger partial charge in [-0.05, 0) is 50.8 Å². The first-order chi connectivity index (χ1) is 9.62. The molecule has 1 aromatic heterocycles. The monoisotopic (exact) mass is 275 g/mol. The fourth-order valence-electron chi connectivity index (χ4n) is 3.27. The van der Waals surface area contributed by atoms with Gasteiger partial charge in [-0.2, -0.15) is 5.26 Å². The van der Waals surface area contributed by atoms with Gasteiger partial charge in [-0.1, -0.05) is 13.3 Å². The summed E-state index contributed by atoms with van der Waals surface area (Å²) < 4.78 is 0. The van der Waals surface area contributed by atoms with Crippen LogP contribution in [-0.4, -0.2) is 34.7 Å². The highest BCUT2D eigenvalue weighted by atomic mass is 16.3. The lowest BCUT2D eigenvalue weighted by molar-refractivity contribution is 0.0335. The highest BCUT2D eigenvalue weighted by molar-refractivity contribution is 5.35. The third-order valence-electron chi connectivity index (χ3n) is 4.62. The number of nitrogens with one attached hydrogen (secondary N) is 1. The lowest BCUT2D eigenvalue weighted by Gasteiger charge is -2.40. The van der Waals surface area contributed by atoms with Crippen LogP contribution in [0.15, 0.2) is 6.07 Å². The van der Waals surface area contributed by atoms with Gasteiger partial charge in [0.2, 0.25) is 0 Å². The number of likely N-dealkylation sites (tertiary alicyclic amines) is 1. The predicted molar refractivity (Wildman–Crippen MR) is 79.2 cm³/mol. The van der Waals surface area contributed by atoms with E-state index in [2.05, 4.69) is 22.9 Å². The van der Waals surface area contributed by atoms with Crippen LogP contribution in [0.25, 0.3) is 0 Å². The van der Waals surface area contributed by atoms with Crippen molar-refractivity contribution in [3.05, 3.63) is 23.0 Å². The molecule has 0 saturated carbocycles. The molecule has 0 bridgehead atoms. The van der Waals surface area contributed by atoms with Crippen LogP contribution in [0.1, 0.15) is 49.6 Å². The fraction of sp³-hybridized carbons (Fsp3) is 0.688. The number of nitrogens with zero attached hydrogens (tertiary/aromatic N) is 2.